The standard InChI is InChI=1S/C9H11ClFNO/c1-9(13,5-12)7-4-6(10)2-3-8(7)11/h2-4,13H,5,12H2,1H3. The normalized spacial score (nSPS) is 15.5. The van der Waals surface area contributed by atoms with E-state index in [4.69, 9.17) is 17.3 Å². The fourth-order valence-electron chi connectivity index (χ4n) is 1.02. The molecule has 13 heavy (non-hydrogen) atoms. The molecular weight excluding hydrogens is 193 g/mol. The molecule has 0 aromatic heterocycles. The maximum atomic E-state index is 13.2. The van der Waals surface area contributed by atoms with E-state index in [1.165, 1.54) is 25.1 Å². The number of aliphatic hydroxyl groups is 1. The largest absolute Gasteiger partial charge is 0.384 e. The predicted molar refractivity (Wildman–Crippen MR) is 50.0 cm³/mol. The Labute approximate surface area is 81.1 Å². The van der Waals surface area contributed by atoms with Gasteiger partial charge in [-0.3, -0.25) is 0 Å². The van der Waals surface area contributed by atoms with Gasteiger partial charge < -0.3 is 10.8 Å². The van der Waals surface area contributed by atoms with Gasteiger partial charge in [-0.1, -0.05) is 11.6 Å². The van der Waals surface area contributed by atoms with Crippen LogP contribution in [0.2, 0.25) is 5.02 Å². The van der Waals surface area contributed by atoms with Crippen molar-refractivity contribution in [2.45, 2.75) is 12.5 Å². The van der Waals surface area contributed by atoms with Crippen molar-refractivity contribution in [1.82, 2.24) is 0 Å². The molecule has 1 atom stereocenters. The van der Waals surface area contributed by atoms with Gasteiger partial charge in [0.05, 0.1) is 0 Å². The Morgan fingerprint density at radius 1 is 1.62 bits per heavy atom. The average molecular weight is 204 g/mol. The zero-order valence-electron chi connectivity index (χ0n) is 7.22. The molecule has 4 heteroatoms. The molecule has 0 aliphatic heterocycles. The molecular formula is C9H11ClFNO. The second kappa shape index (κ2) is 3.62. The van der Waals surface area contributed by atoms with Crippen molar-refractivity contribution < 1.29 is 9.50 Å². The van der Waals surface area contributed by atoms with Gasteiger partial charge in [0.1, 0.15) is 11.4 Å². The Morgan fingerprint density at radius 2 is 2.23 bits per heavy atom. The summed E-state index contributed by atoms with van der Waals surface area (Å²) in [5, 5.41) is 10.1. The lowest BCUT2D eigenvalue weighted by Gasteiger charge is -2.22. The van der Waals surface area contributed by atoms with E-state index < -0.39 is 11.4 Å². The third kappa shape index (κ3) is 2.18. The molecule has 0 radical (unpaired) electrons. The lowest BCUT2D eigenvalue weighted by Crippen LogP contribution is -2.32. The van der Waals surface area contributed by atoms with E-state index in [0.717, 1.165) is 0 Å². The molecule has 0 aliphatic carbocycles. The second-order valence-electron chi connectivity index (χ2n) is 3.10. The Bertz CT molecular complexity index is 314. The molecule has 2 nitrogen and oxygen atoms in total. The monoisotopic (exact) mass is 203 g/mol. The summed E-state index contributed by atoms with van der Waals surface area (Å²) in [5.74, 6) is -0.500. The first kappa shape index (κ1) is 10.4. The molecule has 0 spiro atoms. The van der Waals surface area contributed by atoms with Gasteiger partial charge in [0.25, 0.3) is 0 Å². The molecule has 1 aromatic rings. The summed E-state index contributed by atoms with van der Waals surface area (Å²) in [6.07, 6.45) is 0. The molecule has 0 saturated carbocycles. The summed E-state index contributed by atoms with van der Waals surface area (Å²) >= 11 is 5.66. The van der Waals surface area contributed by atoms with Gasteiger partial charge in [0.2, 0.25) is 0 Å². The maximum absolute atomic E-state index is 13.2. The van der Waals surface area contributed by atoms with Gasteiger partial charge >= 0.3 is 0 Å². The Kier molecular flexibility index (Phi) is 2.91. The highest BCUT2D eigenvalue weighted by Gasteiger charge is 2.24. The van der Waals surface area contributed by atoms with Gasteiger partial charge in [-0.25, -0.2) is 4.39 Å². The van der Waals surface area contributed by atoms with Crippen molar-refractivity contribution in [3.63, 3.8) is 0 Å². The fourth-order valence-corrected chi connectivity index (χ4v) is 1.19. The quantitative estimate of drug-likeness (QED) is 0.768. The predicted octanol–water partition coefficient (Wildman–Crippen LogP) is 1.65. The number of benzene rings is 1. The summed E-state index contributed by atoms with van der Waals surface area (Å²) < 4.78 is 13.2. The molecule has 0 heterocycles. The number of halogens is 2. The minimum Gasteiger partial charge on any atom is -0.384 e. The maximum Gasteiger partial charge on any atom is 0.129 e. The first-order valence-corrected chi connectivity index (χ1v) is 4.23. The van der Waals surface area contributed by atoms with E-state index >= 15 is 0 Å². The van der Waals surface area contributed by atoms with Crippen LogP contribution < -0.4 is 5.73 Å². The highest BCUT2D eigenvalue weighted by Crippen LogP contribution is 2.25. The SMILES string of the molecule is CC(O)(CN)c1cc(Cl)ccc1F. The van der Waals surface area contributed by atoms with E-state index in [1.54, 1.807) is 0 Å². The number of rotatable bonds is 2. The molecule has 1 unspecified atom stereocenters. The van der Waals surface area contributed by atoms with Crippen LogP contribution in [0.25, 0.3) is 0 Å². The van der Waals surface area contributed by atoms with Crippen molar-refractivity contribution in [2.75, 3.05) is 6.54 Å². The van der Waals surface area contributed by atoms with Gasteiger partial charge in [-0.05, 0) is 25.1 Å². The van der Waals surface area contributed by atoms with Crippen LogP contribution in [0.4, 0.5) is 4.39 Å². The third-order valence-corrected chi connectivity index (χ3v) is 2.14. The van der Waals surface area contributed by atoms with Gasteiger partial charge in [0.15, 0.2) is 0 Å². The van der Waals surface area contributed by atoms with Gasteiger partial charge in [-0.15, -0.1) is 0 Å². The number of nitrogens with two attached hydrogens (primary N) is 1. The summed E-state index contributed by atoms with van der Waals surface area (Å²) in [5.41, 5.74) is 4.06. The molecule has 0 aliphatic rings. The number of hydrogen-bond acceptors (Lipinski definition) is 2. The summed E-state index contributed by atoms with van der Waals surface area (Å²) in [6, 6.07) is 4.01. The third-order valence-electron chi connectivity index (χ3n) is 1.91. The highest BCUT2D eigenvalue weighted by atomic mass is 35.5. The Balaban J connectivity index is 3.20. The van der Waals surface area contributed by atoms with Crippen LogP contribution >= 0.6 is 11.6 Å². The lowest BCUT2D eigenvalue weighted by atomic mass is 9.96. The highest BCUT2D eigenvalue weighted by molar-refractivity contribution is 6.30. The summed E-state index contributed by atoms with van der Waals surface area (Å²) in [4.78, 5) is 0. The van der Waals surface area contributed by atoms with Crippen molar-refractivity contribution >= 4 is 11.6 Å². The van der Waals surface area contributed by atoms with Crippen molar-refractivity contribution in [3.8, 4) is 0 Å². The first-order chi connectivity index (χ1) is 5.97. The lowest BCUT2D eigenvalue weighted by molar-refractivity contribution is 0.0629. The molecule has 1 aromatic carbocycles. The van der Waals surface area contributed by atoms with Gasteiger partial charge in [0, 0.05) is 17.1 Å². The van der Waals surface area contributed by atoms with Crippen LogP contribution in [0.5, 0.6) is 0 Å². The number of hydrogen-bond donors (Lipinski definition) is 2. The van der Waals surface area contributed by atoms with Gasteiger partial charge in [-0.2, -0.15) is 0 Å². The summed E-state index contributed by atoms with van der Waals surface area (Å²) in [6.45, 7) is 1.39. The fraction of sp³-hybridized carbons (Fsp3) is 0.333. The van der Waals surface area contributed by atoms with E-state index in [0.29, 0.717) is 5.02 Å². The van der Waals surface area contributed by atoms with Crippen molar-refractivity contribution in [1.29, 1.82) is 0 Å². The molecule has 72 valence electrons. The second-order valence-corrected chi connectivity index (χ2v) is 3.54. The van der Waals surface area contributed by atoms with E-state index in [-0.39, 0.29) is 12.1 Å². The van der Waals surface area contributed by atoms with Crippen molar-refractivity contribution in [2.24, 2.45) is 5.73 Å². The van der Waals surface area contributed by atoms with E-state index in [1.807, 2.05) is 0 Å². The topological polar surface area (TPSA) is 46.2 Å². The minimum atomic E-state index is -1.37. The average Bonchev–Trinajstić information content (AvgIpc) is 2.09. The first-order valence-electron chi connectivity index (χ1n) is 3.85. The smallest absolute Gasteiger partial charge is 0.129 e. The molecule has 1 rings (SSSR count). The van der Waals surface area contributed by atoms with Crippen molar-refractivity contribution in [3.05, 3.63) is 34.6 Å². The van der Waals surface area contributed by atoms with Crippen LogP contribution in [0.15, 0.2) is 18.2 Å². The summed E-state index contributed by atoms with van der Waals surface area (Å²) in [7, 11) is 0. The Morgan fingerprint density at radius 3 is 2.77 bits per heavy atom. The van der Waals surface area contributed by atoms with E-state index in [2.05, 4.69) is 0 Å². The van der Waals surface area contributed by atoms with Crippen LogP contribution in [0.1, 0.15) is 12.5 Å². The Hall–Kier alpha value is -0.640. The van der Waals surface area contributed by atoms with Crippen LogP contribution in [0.3, 0.4) is 0 Å². The zero-order valence-corrected chi connectivity index (χ0v) is 7.98. The molecule has 0 bridgehead atoms. The van der Waals surface area contributed by atoms with Crippen LogP contribution in [-0.4, -0.2) is 11.7 Å². The zero-order chi connectivity index (χ0) is 10.1. The van der Waals surface area contributed by atoms with Crippen LogP contribution in [0, 0.1) is 5.82 Å². The molecule has 0 fully saturated rings. The molecule has 0 saturated heterocycles. The minimum absolute atomic E-state index is 0.0513. The molecule has 0 amide bonds. The van der Waals surface area contributed by atoms with Crippen LogP contribution in [-0.2, 0) is 5.60 Å². The molecule has 3 N–H and O–H groups in total. The van der Waals surface area contributed by atoms with E-state index in [9.17, 15) is 9.50 Å².